The molecule has 160 valence electrons. The van der Waals surface area contributed by atoms with E-state index in [1.165, 1.54) is 5.56 Å². The Morgan fingerprint density at radius 2 is 1.73 bits per heavy atom. The van der Waals surface area contributed by atoms with Crippen LogP contribution in [-0.2, 0) is 21.4 Å². The molecule has 0 radical (unpaired) electrons. The monoisotopic (exact) mass is 413 g/mol. The van der Waals surface area contributed by atoms with Crippen molar-refractivity contribution < 1.29 is 29.3 Å². The van der Waals surface area contributed by atoms with E-state index in [1.807, 2.05) is 36.4 Å². The number of hydrogen-bond donors (Lipinski definition) is 2. The summed E-state index contributed by atoms with van der Waals surface area (Å²) in [5, 5.41) is 14.8. The minimum atomic E-state index is -1.82. The summed E-state index contributed by atoms with van der Waals surface area (Å²) in [4.78, 5) is 33.8. The Hall–Kier alpha value is -3.19. The number of aliphatic carboxylic acids is 2. The summed E-state index contributed by atoms with van der Waals surface area (Å²) in [6.07, 6.45) is 2.61. The van der Waals surface area contributed by atoms with Gasteiger partial charge < -0.3 is 19.8 Å². The van der Waals surface area contributed by atoms with Crippen LogP contribution in [-0.4, -0.2) is 60.6 Å². The van der Waals surface area contributed by atoms with E-state index in [1.54, 1.807) is 7.11 Å². The number of aryl methyl sites for hydroxylation is 1. The largest absolute Gasteiger partial charge is 0.497 e. The van der Waals surface area contributed by atoms with E-state index in [4.69, 9.17) is 24.5 Å². The van der Waals surface area contributed by atoms with Gasteiger partial charge in [0.05, 0.1) is 12.5 Å². The molecule has 2 aromatic carbocycles. The van der Waals surface area contributed by atoms with Gasteiger partial charge in [-0.25, -0.2) is 9.59 Å². The Labute approximate surface area is 175 Å². The summed E-state index contributed by atoms with van der Waals surface area (Å²) in [6, 6.07) is 16.1. The highest BCUT2D eigenvalue weighted by molar-refractivity contribution is 6.27. The lowest BCUT2D eigenvalue weighted by molar-refractivity contribution is -0.159. The zero-order valence-corrected chi connectivity index (χ0v) is 17.4. The van der Waals surface area contributed by atoms with Crippen LogP contribution in [0, 0.1) is 0 Å². The van der Waals surface area contributed by atoms with Crippen molar-refractivity contribution in [2.24, 2.45) is 0 Å². The van der Waals surface area contributed by atoms with Gasteiger partial charge in [-0.05, 0) is 63.2 Å². The predicted octanol–water partition coefficient (Wildman–Crippen LogP) is 2.87. The van der Waals surface area contributed by atoms with E-state index in [-0.39, 0.29) is 5.78 Å². The molecular formula is C23H27NO6. The first-order valence-corrected chi connectivity index (χ1v) is 9.59. The summed E-state index contributed by atoms with van der Waals surface area (Å²) in [7, 11) is 5.78. The third-order valence-corrected chi connectivity index (χ3v) is 5.31. The summed E-state index contributed by atoms with van der Waals surface area (Å²) in [5.74, 6) is -2.59. The van der Waals surface area contributed by atoms with Crippen molar-refractivity contribution in [1.82, 2.24) is 4.90 Å². The third-order valence-electron chi connectivity index (χ3n) is 5.31. The molecular weight excluding hydrogens is 386 g/mol. The summed E-state index contributed by atoms with van der Waals surface area (Å²) >= 11 is 0. The van der Waals surface area contributed by atoms with Gasteiger partial charge in [-0.1, -0.05) is 36.4 Å². The van der Waals surface area contributed by atoms with Crippen molar-refractivity contribution in [3.8, 4) is 5.75 Å². The van der Waals surface area contributed by atoms with Crippen LogP contribution in [0.4, 0.5) is 0 Å². The van der Waals surface area contributed by atoms with Crippen LogP contribution in [0.25, 0.3) is 0 Å². The molecule has 7 heteroatoms. The first kappa shape index (κ1) is 23.1. The minimum absolute atomic E-state index is 0.249. The number of ketones is 1. The predicted molar refractivity (Wildman–Crippen MR) is 112 cm³/mol. The van der Waals surface area contributed by atoms with E-state index in [0.717, 1.165) is 42.7 Å². The molecule has 0 bridgehead atoms. The average molecular weight is 413 g/mol. The van der Waals surface area contributed by atoms with Crippen LogP contribution < -0.4 is 4.74 Å². The molecule has 0 aliphatic heterocycles. The van der Waals surface area contributed by atoms with E-state index < -0.39 is 17.4 Å². The van der Waals surface area contributed by atoms with Crippen LogP contribution in [0.2, 0.25) is 0 Å². The van der Waals surface area contributed by atoms with E-state index in [9.17, 15) is 4.79 Å². The minimum Gasteiger partial charge on any atom is -0.497 e. The van der Waals surface area contributed by atoms with Gasteiger partial charge in [0.2, 0.25) is 0 Å². The fourth-order valence-electron chi connectivity index (χ4n) is 3.67. The first-order chi connectivity index (χ1) is 14.2. The SMILES string of the molecule is COc1cccc(C2(CCN(C)C)CCc3ccccc3C2=O)c1.O=C(O)C(=O)O. The zero-order valence-electron chi connectivity index (χ0n) is 17.4. The average Bonchev–Trinajstić information content (AvgIpc) is 2.74. The molecule has 0 amide bonds. The smallest absolute Gasteiger partial charge is 0.414 e. The molecule has 2 N–H and O–H groups in total. The Bertz CT molecular complexity index is 911. The highest BCUT2D eigenvalue weighted by Crippen LogP contribution is 2.42. The second-order valence-corrected chi connectivity index (χ2v) is 7.46. The topological polar surface area (TPSA) is 104 Å². The van der Waals surface area contributed by atoms with Crippen LogP contribution in [0.5, 0.6) is 5.75 Å². The molecule has 7 nitrogen and oxygen atoms in total. The molecule has 3 rings (SSSR count). The van der Waals surface area contributed by atoms with Crippen molar-refractivity contribution in [1.29, 1.82) is 0 Å². The molecule has 2 aromatic rings. The van der Waals surface area contributed by atoms with Crippen LogP contribution in [0.3, 0.4) is 0 Å². The van der Waals surface area contributed by atoms with Gasteiger partial charge in [-0.3, -0.25) is 4.79 Å². The number of methoxy groups -OCH3 is 1. The van der Waals surface area contributed by atoms with Crippen molar-refractivity contribution in [3.63, 3.8) is 0 Å². The van der Waals surface area contributed by atoms with Crippen molar-refractivity contribution in [3.05, 3.63) is 65.2 Å². The number of hydrogen-bond acceptors (Lipinski definition) is 5. The number of carbonyl (C=O) groups is 3. The van der Waals surface area contributed by atoms with Crippen molar-refractivity contribution >= 4 is 17.7 Å². The number of carbonyl (C=O) groups excluding carboxylic acids is 1. The number of rotatable bonds is 5. The van der Waals surface area contributed by atoms with Crippen molar-refractivity contribution in [2.75, 3.05) is 27.7 Å². The standard InChI is InChI=1S/C21H25NO2.C2H2O4/c1-22(2)14-13-21(17-8-6-9-18(15-17)24-3)12-11-16-7-4-5-10-19(16)20(21)23;3-1(4)2(5)6/h4-10,15H,11-14H2,1-3H3;(H,3,4)(H,5,6). The molecule has 0 fully saturated rings. The van der Waals surface area contributed by atoms with Gasteiger partial charge in [-0.2, -0.15) is 0 Å². The molecule has 0 saturated carbocycles. The van der Waals surface area contributed by atoms with Gasteiger partial charge in [0, 0.05) is 5.56 Å². The summed E-state index contributed by atoms with van der Waals surface area (Å²) in [5.41, 5.74) is 2.66. The van der Waals surface area contributed by atoms with Gasteiger partial charge in [0.25, 0.3) is 0 Å². The molecule has 30 heavy (non-hydrogen) atoms. The Morgan fingerprint density at radius 3 is 2.33 bits per heavy atom. The zero-order chi connectivity index (χ0) is 22.3. The molecule has 0 spiro atoms. The molecule has 1 aliphatic carbocycles. The van der Waals surface area contributed by atoms with Crippen molar-refractivity contribution in [2.45, 2.75) is 24.7 Å². The van der Waals surface area contributed by atoms with Crippen LogP contribution >= 0.6 is 0 Å². The van der Waals surface area contributed by atoms with Gasteiger partial charge in [0.1, 0.15) is 5.75 Å². The Kier molecular flexibility index (Phi) is 7.72. The lowest BCUT2D eigenvalue weighted by Crippen LogP contribution is -2.42. The lowest BCUT2D eigenvalue weighted by atomic mass is 9.64. The fourth-order valence-corrected chi connectivity index (χ4v) is 3.67. The maximum Gasteiger partial charge on any atom is 0.414 e. The molecule has 0 saturated heterocycles. The normalized spacial score (nSPS) is 17.5. The third kappa shape index (κ3) is 5.24. The lowest BCUT2D eigenvalue weighted by Gasteiger charge is -2.38. The van der Waals surface area contributed by atoms with Gasteiger partial charge >= 0.3 is 11.9 Å². The number of Topliss-reactive ketones (excluding diaryl/α,β-unsaturated/α-hetero) is 1. The molecule has 0 heterocycles. The maximum absolute atomic E-state index is 13.5. The quantitative estimate of drug-likeness (QED) is 0.726. The van der Waals surface area contributed by atoms with Gasteiger partial charge in [-0.15, -0.1) is 0 Å². The first-order valence-electron chi connectivity index (χ1n) is 9.59. The molecule has 1 atom stereocenters. The molecule has 1 aliphatic rings. The molecule has 1 unspecified atom stereocenters. The number of carboxylic acid groups (broad SMARTS) is 2. The maximum atomic E-state index is 13.5. The van der Waals surface area contributed by atoms with E-state index >= 15 is 0 Å². The number of ether oxygens (including phenoxy) is 1. The number of fused-ring (bicyclic) bond motifs is 1. The highest BCUT2D eigenvalue weighted by atomic mass is 16.5. The van der Waals surface area contributed by atoms with E-state index in [0.29, 0.717) is 0 Å². The second kappa shape index (κ2) is 10.0. The van der Waals surface area contributed by atoms with Crippen LogP contribution in [0.15, 0.2) is 48.5 Å². The summed E-state index contributed by atoms with van der Waals surface area (Å²) < 4.78 is 5.40. The highest BCUT2D eigenvalue weighted by Gasteiger charge is 2.43. The fraction of sp³-hybridized carbons (Fsp3) is 0.348. The Morgan fingerprint density at radius 1 is 1.07 bits per heavy atom. The summed E-state index contributed by atoms with van der Waals surface area (Å²) in [6.45, 7) is 0.880. The number of carboxylic acids is 2. The van der Waals surface area contributed by atoms with Gasteiger partial charge in [0.15, 0.2) is 5.78 Å². The number of nitrogens with zero attached hydrogens (tertiary/aromatic N) is 1. The van der Waals surface area contributed by atoms with E-state index in [2.05, 4.69) is 31.1 Å². The molecule has 0 aromatic heterocycles. The Balaban J connectivity index is 0.000000469. The van der Waals surface area contributed by atoms with Crippen LogP contribution in [0.1, 0.15) is 34.3 Å². The second-order valence-electron chi connectivity index (χ2n) is 7.46. The number of benzene rings is 2.